The van der Waals surface area contributed by atoms with Gasteiger partial charge in [-0.2, -0.15) is 0 Å². The number of hydrogen-bond acceptors (Lipinski definition) is 2. The fourth-order valence-electron chi connectivity index (χ4n) is 1.56. The van der Waals surface area contributed by atoms with Gasteiger partial charge in [-0.15, -0.1) is 11.8 Å². The van der Waals surface area contributed by atoms with Crippen LogP contribution >= 0.6 is 11.8 Å². The van der Waals surface area contributed by atoms with E-state index in [9.17, 15) is 5.11 Å². The molecule has 1 saturated carbocycles. The van der Waals surface area contributed by atoms with Gasteiger partial charge in [0.1, 0.15) is 0 Å². The highest BCUT2D eigenvalue weighted by Gasteiger charge is 2.39. The maximum Gasteiger partial charge on any atom is 0.0653 e. The van der Waals surface area contributed by atoms with Crippen molar-refractivity contribution in [2.75, 3.05) is 6.26 Å². The van der Waals surface area contributed by atoms with Crippen LogP contribution in [0, 0.1) is 0 Å². The van der Waals surface area contributed by atoms with Crippen molar-refractivity contribution in [2.24, 2.45) is 0 Å². The summed E-state index contributed by atoms with van der Waals surface area (Å²) in [6.45, 7) is 0. The Labute approximate surface area is 89.5 Å². The molecule has 0 aliphatic heterocycles. The third-order valence-electron chi connectivity index (χ3n) is 2.87. The third kappa shape index (κ3) is 2.52. The second-order valence-electron chi connectivity index (χ2n) is 4.07. The Morgan fingerprint density at radius 2 is 1.93 bits per heavy atom. The van der Waals surface area contributed by atoms with Crippen LogP contribution in [0.2, 0.25) is 0 Å². The second-order valence-corrected chi connectivity index (χ2v) is 4.95. The third-order valence-corrected chi connectivity index (χ3v) is 3.61. The van der Waals surface area contributed by atoms with Gasteiger partial charge in [0.2, 0.25) is 0 Å². The molecule has 0 radical (unpaired) electrons. The average Bonchev–Trinajstić information content (AvgIpc) is 2.95. The van der Waals surface area contributed by atoms with E-state index in [1.54, 1.807) is 11.8 Å². The first-order valence-electron chi connectivity index (χ1n) is 5.07. The van der Waals surface area contributed by atoms with Gasteiger partial charge in [0.05, 0.1) is 5.60 Å². The first kappa shape index (κ1) is 10.1. The molecule has 0 heterocycles. The molecule has 1 aromatic carbocycles. The SMILES string of the molecule is CSc1ccc(CCC2(O)CC2)cc1. The Balaban J connectivity index is 1.89. The molecule has 0 unspecified atom stereocenters. The summed E-state index contributed by atoms with van der Waals surface area (Å²) in [5, 5.41) is 9.69. The van der Waals surface area contributed by atoms with Crippen LogP contribution in [-0.4, -0.2) is 17.0 Å². The minimum atomic E-state index is -0.307. The lowest BCUT2D eigenvalue weighted by Crippen LogP contribution is -2.07. The number of benzene rings is 1. The average molecular weight is 208 g/mol. The van der Waals surface area contributed by atoms with Crippen LogP contribution in [0.5, 0.6) is 0 Å². The van der Waals surface area contributed by atoms with Crippen molar-refractivity contribution < 1.29 is 5.11 Å². The highest BCUT2D eigenvalue weighted by atomic mass is 32.2. The summed E-state index contributed by atoms with van der Waals surface area (Å²) in [5.74, 6) is 0. The van der Waals surface area contributed by atoms with Gasteiger partial charge >= 0.3 is 0 Å². The monoisotopic (exact) mass is 208 g/mol. The zero-order valence-corrected chi connectivity index (χ0v) is 9.31. The maximum atomic E-state index is 9.69. The van der Waals surface area contributed by atoms with Crippen molar-refractivity contribution >= 4 is 11.8 Å². The summed E-state index contributed by atoms with van der Waals surface area (Å²) in [5.41, 5.74) is 1.03. The maximum absolute atomic E-state index is 9.69. The lowest BCUT2D eigenvalue weighted by Gasteiger charge is -2.07. The van der Waals surface area contributed by atoms with Crippen LogP contribution in [-0.2, 0) is 6.42 Å². The van der Waals surface area contributed by atoms with E-state index in [2.05, 4.69) is 30.5 Å². The molecule has 1 N–H and O–H groups in total. The molecular weight excluding hydrogens is 192 g/mol. The van der Waals surface area contributed by atoms with Crippen LogP contribution in [0.25, 0.3) is 0 Å². The number of aliphatic hydroxyl groups is 1. The van der Waals surface area contributed by atoms with Gasteiger partial charge in [-0.3, -0.25) is 0 Å². The lowest BCUT2D eigenvalue weighted by molar-refractivity contribution is 0.140. The van der Waals surface area contributed by atoms with E-state index in [1.165, 1.54) is 10.5 Å². The van der Waals surface area contributed by atoms with Gasteiger partial charge in [-0.25, -0.2) is 0 Å². The fourth-order valence-corrected chi connectivity index (χ4v) is 1.97. The molecule has 0 amide bonds. The van der Waals surface area contributed by atoms with Crippen LogP contribution < -0.4 is 0 Å². The van der Waals surface area contributed by atoms with Crippen molar-refractivity contribution in [3.63, 3.8) is 0 Å². The van der Waals surface area contributed by atoms with Gasteiger partial charge in [0.15, 0.2) is 0 Å². The highest BCUT2D eigenvalue weighted by Crippen LogP contribution is 2.39. The topological polar surface area (TPSA) is 20.2 Å². The first-order valence-corrected chi connectivity index (χ1v) is 6.30. The van der Waals surface area contributed by atoms with Crippen molar-refractivity contribution in [3.05, 3.63) is 29.8 Å². The molecule has 1 aromatic rings. The molecule has 1 aliphatic rings. The van der Waals surface area contributed by atoms with E-state index in [-0.39, 0.29) is 5.60 Å². The van der Waals surface area contributed by atoms with Gasteiger partial charge in [-0.05, 0) is 49.6 Å². The normalized spacial score (nSPS) is 18.1. The minimum absolute atomic E-state index is 0.307. The van der Waals surface area contributed by atoms with E-state index < -0.39 is 0 Å². The molecule has 2 rings (SSSR count). The van der Waals surface area contributed by atoms with Crippen LogP contribution in [0.3, 0.4) is 0 Å². The zero-order valence-electron chi connectivity index (χ0n) is 8.49. The fraction of sp³-hybridized carbons (Fsp3) is 0.500. The van der Waals surface area contributed by atoms with E-state index in [0.717, 1.165) is 25.7 Å². The van der Waals surface area contributed by atoms with E-state index >= 15 is 0 Å². The first-order chi connectivity index (χ1) is 6.72. The second kappa shape index (κ2) is 3.95. The van der Waals surface area contributed by atoms with Crippen molar-refractivity contribution in [1.82, 2.24) is 0 Å². The van der Waals surface area contributed by atoms with Gasteiger partial charge in [-0.1, -0.05) is 12.1 Å². The predicted molar refractivity (Wildman–Crippen MR) is 60.7 cm³/mol. The van der Waals surface area contributed by atoms with Gasteiger partial charge in [0.25, 0.3) is 0 Å². The Kier molecular flexibility index (Phi) is 2.84. The smallest absolute Gasteiger partial charge is 0.0653 e. The highest BCUT2D eigenvalue weighted by molar-refractivity contribution is 7.98. The Bertz CT molecular complexity index is 301. The van der Waals surface area contributed by atoms with Crippen molar-refractivity contribution in [3.8, 4) is 0 Å². The lowest BCUT2D eigenvalue weighted by atomic mass is 10.1. The van der Waals surface area contributed by atoms with Crippen LogP contribution in [0.1, 0.15) is 24.8 Å². The summed E-state index contributed by atoms with van der Waals surface area (Å²) in [7, 11) is 0. The molecule has 2 heteroatoms. The summed E-state index contributed by atoms with van der Waals surface area (Å²) in [6, 6.07) is 8.63. The van der Waals surface area contributed by atoms with E-state index in [1.807, 2.05) is 0 Å². The molecule has 0 atom stereocenters. The molecule has 0 spiro atoms. The zero-order chi connectivity index (χ0) is 10.0. The largest absolute Gasteiger partial charge is 0.390 e. The Morgan fingerprint density at radius 3 is 2.43 bits per heavy atom. The van der Waals surface area contributed by atoms with Crippen molar-refractivity contribution in [1.29, 1.82) is 0 Å². The standard InChI is InChI=1S/C12H16OS/c1-14-11-4-2-10(3-5-11)6-7-12(13)8-9-12/h2-5,13H,6-9H2,1H3. The Morgan fingerprint density at radius 1 is 1.29 bits per heavy atom. The molecule has 76 valence electrons. The van der Waals surface area contributed by atoms with E-state index in [0.29, 0.717) is 0 Å². The quantitative estimate of drug-likeness (QED) is 0.768. The molecule has 0 aromatic heterocycles. The molecule has 14 heavy (non-hydrogen) atoms. The number of hydrogen-bond donors (Lipinski definition) is 1. The number of rotatable bonds is 4. The van der Waals surface area contributed by atoms with Crippen molar-refractivity contribution in [2.45, 2.75) is 36.2 Å². The number of aryl methyl sites for hydroxylation is 1. The van der Waals surface area contributed by atoms with Crippen LogP contribution in [0.4, 0.5) is 0 Å². The number of thioether (sulfide) groups is 1. The molecule has 0 saturated heterocycles. The molecule has 1 fully saturated rings. The summed E-state index contributed by atoms with van der Waals surface area (Å²) >= 11 is 1.76. The summed E-state index contributed by atoms with van der Waals surface area (Å²) in [6.07, 6.45) is 6.00. The van der Waals surface area contributed by atoms with Crippen LogP contribution in [0.15, 0.2) is 29.2 Å². The van der Waals surface area contributed by atoms with E-state index in [4.69, 9.17) is 0 Å². The molecule has 1 aliphatic carbocycles. The van der Waals surface area contributed by atoms with Gasteiger partial charge < -0.3 is 5.11 Å². The molecule has 1 nitrogen and oxygen atoms in total. The molecular formula is C12H16OS. The summed E-state index contributed by atoms with van der Waals surface area (Å²) in [4.78, 5) is 1.30. The Hall–Kier alpha value is -0.470. The van der Waals surface area contributed by atoms with Gasteiger partial charge in [0, 0.05) is 4.90 Å². The predicted octanol–water partition coefficient (Wildman–Crippen LogP) is 2.87. The summed E-state index contributed by atoms with van der Waals surface area (Å²) < 4.78 is 0. The molecule has 0 bridgehead atoms. The minimum Gasteiger partial charge on any atom is -0.390 e.